The Morgan fingerprint density at radius 2 is 1.06 bits per heavy atom. The smallest absolute Gasteiger partial charge is 0.166 e. The van der Waals surface area contributed by atoms with Crippen LogP contribution < -0.4 is 0 Å². The maximum atomic E-state index is 6.33. The molecule has 0 aliphatic heterocycles. The van der Waals surface area contributed by atoms with Crippen molar-refractivity contribution in [3.63, 3.8) is 0 Å². The van der Waals surface area contributed by atoms with E-state index in [1.807, 2.05) is 54.6 Å². The molecule has 54 heavy (non-hydrogen) atoms. The van der Waals surface area contributed by atoms with Crippen LogP contribution in [-0.4, -0.2) is 19.5 Å². The van der Waals surface area contributed by atoms with Gasteiger partial charge in [-0.05, 0) is 64.6 Å². The van der Waals surface area contributed by atoms with Crippen molar-refractivity contribution >= 4 is 43.7 Å². The van der Waals surface area contributed by atoms with Gasteiger partial charge in [-0.3, -0.25) is 0 Å². The van der Waals surface area contributed by atoms with Crippen LogP contribution in [0.4, 0.5) is 0 Å². The lowest BCUT2D eigenvalue weighted by atomic mass is 9.86. The summed E-state index contributed by atoms with van der Waals surface area (Å²) in [4.78, 5) is 15.6. The summed E-state index contributed by atoms with van der Waals surface area (Å²) >= 11 is 0. The zero-order valence-corrected chi connectivity index (χ0v) is 30.3. The van der Waals surface area contributed by atoms with E-state index < -0.39 is 0 Å². The third-order valence-electron chi connectivity index (χ3n) is 10.4. The molecule has 10 rings (SSSR count). The van der Waals surface area contributed by atoms with Crippen molar-refractivity contribution in [1.82, 2.24) is 19.5 Å². The van der Waals surface area contributed by atoms with Crippen LogP contribution in [0.1, 0.15) is 26.3 Å². The highest BCUT2D eigenvalue weighted by molar-refractivity contribution is 6.13. The number of fused-ring (bicyclic) bond motifs is 6. The third kappa shape index (κ3) is 5.28. The van der Waals surface area contributed by atoms with Gasteiger partial charge in [0.2, 0.25) is 0 Å². The molecule has 0 bridgehead atoms. The molecule has 0 spiro atoms. The van der Waals surface area contributed by atoms with Crippen LogP contribution in [0, 0.1) is 0 Å². The standard InChI is InChI=1S/C49H36N4O/c1-49(2,3)34-26-28-41-38(30-34)36-19-10-12-22-40(36)53(41)42-27-25-33(35-21-14-24-44-45(35)37-20-11-13-23-43(37)54-44)29-39(42)48-51-46(31-15-6-4-7-16-31)50-47(52-48)32-17-8-5-9-18-32/h4-30H,1-3H3. The lowest BCUT2D eigenvalue weighted by Gasteiger charge is -2.19. The molecule has 0 aliphatic carbocycles. The van der Waals surface area contributed by atoms with Crippen LogP contribution in [-0.2, 0) is 5.41 Å². The second-order valence-electron chi connectivity index (χ2n) is 14.9. The van der Waals surface area contributed by atoms with Gasteiger partial charge < -0.3 is 8.98 Å². The van der Waals surface area contributed by atoms with Crippen LogP contribution in [0.2, 0.25) is 0 Å². The van der Waals surface area contributed by atoms with Gasteiger partial charge in [0.05, 0.1) is 16.7 Å². The highest BCUT2D eigenvalue weighted by atomic mass is 16.3. The van der Waals surface area contributed by atoms with E-state index in [2.05, 4.69) is 135 Å². The quantitative estimate of drug-likeness (QED) is 0.180. The molecule has 10 aromatic rings. The first-order valence-electron chi connectivity index (χ1n) is 18.4. The van der Waals surface area contributed by atoms with Gasteiger partial charge in [0.1, 0.15) is 11.2 Å². The van der Waals surface area contributed by atoms with Gasteiger partial charge in [0.25, 0.3) is 0 Å². The van der Waals surface area contributed by atoms with Crippen molar-refractivity contribution in [1.29, 1.82) is 0 Å². The molecular formula is C49H36N4O. The molecular weight excluding hydrogens is 661 g/mol. The normalized spacial score (nSPS) is 12.0. The summed E-state index contributed by atoms with van der Waals surface area (Å²) in [6, 6.07) is 57.1. The summed E-state index contributed by atoms with van der Waals surface area (Å²) in [5, 5.41) is 4.59. The Kier molecular flexibility index (Phi) is 7.31. The summed E-state index contributed by atoms with van der Waals surface area (Å²) in [5.41, 5.74) is 11.2. The minimum absolute atomic E-state index is 0.00896. The summed E-state index contributed by atoms with van der Waals surface area (Å²) in [5.74, 6) is 1.84. The number of hydrogen-bond acceptors (Lipinski definition) is 4. The Balaban J connectivity index is 1.30. The zero-order valence-electron chi connectivity index (χ0n) is 30.3. The van der Waals surface area contributed by atoms with Crippen LogP contribution in [0.5, 0.6) is 0 Å². The Morgan fingerprint density at radius 1 is 0.444 bits per heavy atom. The number of nitrogens with zero attached hydrogens (tertiary/aromatic N) is 4. The number of para-hydroxylation sites is 2. The first-order chi connectivity index (χ1) is 26.4. The molecule has 0 aliphatic rings. The van der Waals surface area contributed by atoms with Gasteiger partial charge in [-0.25, -0.2) is 15.0 Å². The lowest BCUT2D eigenvalue weighted by Crippen LogP contribution is -2.10. The Morgan fingerprint density at radius 3 is 1.78 bits per heavy atom. The van der Waals surface area contributed by atoms with Crippen molar-refractivity contribution in [3.05, 3.63) is 169 Å². The Bertz CT molecular complexity index is 2970. The summed E-state index contributed by atoms with van der Waals surface area (Å²) in [7, 11) is 0. The van der Waals surface area contributed by atoms with Crippen molar-refractivity contribution < 1.29 is 4.42 Å². The van der Waals surface area contributed by atoms with E-state index in [0.717, 1.165) is 66.5 Å². The molecule has 0 fully saturated rings. The maximum Gasteiger partial charge on any atom is 0.166 e. The van der Waals surface area contributed by atoms with Crippen LogP contribution in [0.3, 0.4) is 0 Å². The topological polar surface area (TPSA) is 56.7 Å². The van der Waals surface area contributed by atoms with Gasteiger partial charge in [-0.2, -0.15) is 0 Å². The van der Waals surface area contributed by atoms with Gasteiger partial charge in [0, 0.05) is 38.2 Å². The molecule has 3 aromatic heterocycles. The highest BCUT2D eigenvalue weighted by Gasteiger charge is 2.23. The predicted octanol–water partition coefficient (Wildman–Crippen LogP) is 12.8. The van der Waals surface area contributed by atoms with Crippen LogP contribution in [0.15, 0.2) is 168 Å². The SMILES string of the molecule is CC(C)(C)c1ccc2c(c1)c1ccccc1n2-c1ccc(-c2cccc3oc4ccccc4c23)cc1-c1nc(-c2ccccc2)nc(-c2ccccc2)n1. The second kappa shape index (κ2) is 12.4. The number of hydrogen-bond donors (Lipinski definition) is 0. The van der Waals surface area contributed by atoms with E-state index in [0.29, 0.717) is 17.5 Å². The van der Waals surface area contributed by atoms with E-state index >= 15 is 0 Å². The average Bonchev–Trinajstić information content (AvgIpc) is 3.76. The Labute approximate surface area is 313 Å². The fraction of sp³-hybridized carbons (Fsp3) is 0.0816. The summed E-state index contributed by atoms with van der Waals surface area (Å²) < 4.78 is 8.71. The highest BCUT2D eigenvalue weighted by Crippen LogP contribution is 2.42. The molecule has 5 heteroatoms. The molecule has 258 valence electrons. The number of furan rings is 1. The first kappa shape index (κ1) is 31.9. The fourth-order valence-electron chi connectivity index (χ4n) is 7.72. The minimum Gasteiger partial charge on any atom is -0.456 e. The molecule has 0 N–H and O–H groups in total. The number of benzene rings is 7. The fourth-order valence-corrected chi connectivity index (χ4v) is 7.72. The predicted molar refractivity (Wildman–Crippen MR) is 222 cm³/mol. The molecule has 0 atom stereocenters. The zero-order chi connectivity index (χ0) is 36.4. The number of rotatable bonds is 5. The molecule has 0 saturated carbocycles. The molecule has 0 unspecified atom stereocenters. The van der Waals surface area contributed by atoms with E-state index in [1.54, 1.807) is 0 Å². The minimum atomic E-state index is 0.00896. The van der Waals surface area contributed by atoms with Gasteiger partial charge in [0.15, 0.2) is 17.5 Å². The molecule has 0 saturated heterocycles. The summed E-state index contributed by atoms with van der Waals surface area (Å²) in [6.07, 6.45) is 0. The van der Waals surface area contributed by atoms with E-state index in [9.17, 15) is 0 Å². The summed E-state index contributed by atoms with van der Waals surface area (Å²) in [6.45, 7) is 6.80. The van der Waals surface area contributed by atoms with Crippen LogP contribution >= 0.6 is 0 Å². The molecule has 7 aromatic carbocycles. The van der Waals surface area contributed by atoms with Gasteiger partial charge in [-0.15, -0.1) is 0 Å². The van der Waals surface area contributed by atoms with Crippen molar-refractivity contribution in [2.24, 2.45) is 0 Å². The average molecular weight is 697 g/mol. The lowest BCUT2D eigenvalue weighted by molar-refractivity contribution is 0.591. The molecule has 3 heterocycles. The molecule has 0 radical (unpaired) electrons. The Hall–Kier alpha value is -6.85. The number of aromatic nitrogens is 4. The van der Waals surface area contributed by atoms with Crippen molar-refractivity contribution in [2.45, 2.75) is 26.2 Å². The first-order valence-corrected chi connectivity index (χ1v) is 18.4. The molecule has 0 amide bonds. The third-order valence-corrected chi connectivity index (χ3v) is 10.4. The van der Waals surface area contributed by atoms with Gasteiger partial charge >= 0.3 is 0 Å². The molecule has 5 nitrogen and oxygen atoms in total. The maximum absolute atomic E-state index is 6.33. The van der Waals surface area contributed by atoms with Crippen molar-refractivity contribution in [3.8, 4) is 51.0 Å². The van der Waals surface area contributed by atoms with E-state index in [1.165, 1.54) is 16.3 Å². The van der Waals surface area contributed by atoms with Crippen molar-refractivity contribution in [2.75, 3.05) is 0 Å². The van der Waals surface area contributed by atoms with Gasteiger partial charge in [-0.1, -0.05) is 142 Å². The van der Waals surface area contributed by atoms with E-state index in [-0.39, 0.29) is 5.41 Å². The monoisotopic (exact) mass is 696 g/mol. The van der Waals surface area contributed by atoms with Crippen LogP contribution in [0.25, 0.3) is 94.7 Å². The second-order valence-corrected chi connectivity index (χ2v) is 14.9. The largest absolute Gasteiger partial charge is 0.456 e. The van der Waals surface area contributed by atoms with E-state index in [4.69, 9.17) is 19.4 Å².